The highest BCUT2D eigenvalue weighted by molar-refractivity contribution is 6.03. The van der Waals surface area contributed by atoms with Gasteiger partial charge in [-0.05, 0) is 66.8 Å². The second kappa shape index (κ2) is 14.1. The van der Waals surface area contributed by atoms with Crippen LogP contribution in [0.4, 0.5) is 18.0 Å². The van der Waals surface area contributed by atoms with Gasteiger partial charge in [-0.3, -0.25) is 4.79 Å². The van der Waals surface area contributed by atoms with Gasteiger partial charge >= 0.3 is 18.4 Å². The number of imide groups is 1. The molecule has 0 radical (unpaired) electrons. The molecule has 232 valence electrons. The van der Waals surface area contributed by atoms with E-state index in [2.05, 4.69) is 10.1 Å². The van der Waals surface area contributed by atoms with Crippen molar-refractivity contribution in [1.29, 1.82) is 0 Å². The van der Waals surface area contributed by atoms with E-state index in [0.717, 1.165) is 10.5 Å². The lowest BCUT2D eigenvalue weighted by atomic mass is 9.72. The van der Waals surface area contributed by atoms with Crippen molar-refractivity contribution in [2.24, 2.45) is 5.41 Å². The van der Waals surface area contributed by atoms with Crippen LogP contribution in [0, 0.1) is 5.41 Å². The third-order valence-corrected chi connectivity index (χ3v) is 7.39. The number of amides is 3. The molecule has 0 aromatic heterocycles. The Morgan fingerprint density at radius 2 is 1.57 bits per heavy atom. The number of nitrogens with one attached hydrogen (secondary N) is 1. The number of urea groups is 1. The molecule has 0 bridgehead atoms. The summed E-state index contributed by atoms with van der Waals surface area (Å²) in [5.74, 6) is -0.743. The van der Waals surface area contributed by atoms with E-state index in [-0.39, 0.29) is 24.8 Å². The number of rotatable bonds is 12. The minimum atomic E-state index is -4.76. The largest absolute Gasteiger partial charge is 0.573 e. The van der Waals surface area contributed by atoms with Crippen molar-refractivity contribution in [3.63, 3.8) is 0 Å². The summed E-state index contributed by atoms with van der Waals surface area (Å²) in [5, 5.41) is 2.72. The highest BCUT2D eigenvalue weighted by atomic mass is 19.4. The maximum atomic E-state index is 13.1. The van der Waals surface area contributed by atoms with E-state index in [0.29, 0.717) is 36.1 Å². The van der Waals surface area contributed by atoms with E-state index in [1.54, 1.807) is 36.4 Å². The van der Waals surface area contributed by atoms with Gasteiger partial charge in [-0.25, -0.2) is 14.5 Å². The summed E-state index contributed by atoms with van der Waals surface area (Å²) in [5.41, 5.74) is 0.993. The molecular weight excluding hydrogens is 577 g/mol. The Hall–Kier alpha value is -4.80. The molecule has 4 rings (SSSR count). The van der Waals surface area contributed by atoms with E-state index in [1.165, 1.54) is 24.3 Å². The van der Waals surface area contributed by atoms with Crippen molar-refractivity contribution in [1.82, 2.24) is 10.2 Å². The second-order valence-electron chi connectivity index (χ2n) is 10.1. The molecule has 44 heavy (non-hydrogen) atoms. The van der Waals surface area contributed by atoms with Crippen LogP contribution in [0.15, 0.2) is 84.9 Å². The highest BCUT2D eigenvalue weighted by Gasteiger charge is 2.62. The van der Waals surface area contributed by atoms with Crippen LogP contribution in [0.25, 0.3) is 6.08 Å². The van der Waals surface area contributed by atoms with Crippen molar-refractivity contribution in [2.75, 3.05) is 6.54 Å². The van der Waals surface area contributed by atoms with Gasteiger partial charge in [0.15, 0.2) is 6.23 Å². The number of carbonyl (C=O) groups excluding carboxylic acids is 3. The number of esters is 1. The first-order valence-electron chi connectivity index (χ1n) is 14.2. The number of likely N-dealkylation sites (tertiary alicyclic amines) is 1. The monoisotopic (exact) mass is 610 g/mol. The molecule has 0 aliphatic carbocycles. The van der Waals surface area contributed by atoms with Crippen LogP contribution < -0.4 is 14.8 Å². The maximum Gasteiger partial charge on any atom is 0.573 e. The minimum absolute atomic E-state index is 0.144. The summed E-state index contributed by atoms with van der Waals surface area (Å²) in [4.78, 5) is 39.7. The Kier molecular flexibility index (Phi) is 10.3. The van der Waals surface area contributed by atoms with Crippen molar-refractivity contribution < 1.29 is 41.8 Å². The molecule has 1 saturated heterocycles. The van der Waals surface area contributed by atoms with Crippen molar-refractivity contribution in [2.45, 2.75) is 52.3 Å². The molecule has 1 atom stereocenters. The van der Waals surface area contributed by atoms with Crippen LogP contribution >= 0.6 is 0 Å². The van der Waals surface area contributed by atoms with Crippen LogP contribution in [0.1, 0.15) is 54.6 Å². The average Bonchev–Trinajstić information content (AvgIpc) is 3.01. The summed E-state index contributed by atoms with van der Waals surface area (Å²) >= 11 is 0. The molecule has 1 heterocycles. The normalized spacial score (nSPS) is 15.9. The second-order valence-corrected chi connectivity index (χ2v) is 10.1. The molecule has 0 spiro atoms. The third kappa shape index (κ3) is 7.77. The number of hydrogen-bond acceptors (Lipinski definition) is 6. The average molecular weight is 611 g/mol. The van der Waals surface area contributed by atoms with E-state index < -0.39 is 30.0 Å². The molecule has 0 unspecified atom stereocenters. The molecule has 1 aliphatic heterocycles. The molecule has 3 amide bonds. The number of carbonyl (C=O) groups is 3. The van der Waals surface area contributed by atoms with Crippen LogP contribution in [0.2, 0.25) is 0 Å². The van der Waals surface area contributed by atoms with Crippen LogP contribution in [-0.4, -0.2) is 41.9 Å². The Morgan fingerprint density at radius 1 is 0.932 bits per heavy atom. The maximum absolute atomic E-state index is 13.1. The summed E-state index contributed by atoms with van der Waals surface area (Å²) in [6.07, 6.45) is -0.797. The molecule has 8 nitrogen and oxygen atoms in total. The summed E-state index contributed by atoms with van der Waals surface area (Å²) in [7, 11) is 0. The Morgan fingerprint density at radius 3 is 2.18 bits per heavy atom. The predicted molar refractivity (Wildman–Crippen MR) is 156 cm³/mol. The third-order valence-electron chi connectivity index (χ3n) is 7.39. The fourth-order valence-electron chi connectivity index (χ4n) is 4.85. The summed E-state index contributed by atoms with van der Waals surface area (Å²) in [6, 6.07) is 20.4. The van der Waals surface area contributed by atoms with Gasteiger partial charge in [0, 0.05) is 6.54 Å². The van der Waals surface area contributed by atoms with Gasteiger partial charge in [-0.1, -0.05) is 68.5 Å². The van der Waals surface area contributed by atoms with Crippen LogP contribution in [0.5, 0.6) is 11.5 Å². The Labute approximate surface area is 253 Å². The molecule has 1 fully saturated rings. The Bertz CT molecular complexity index is 1450. The van der Waals surface area contributed by atoms with Gasteiger partial charge in [0.1, 0.15) is 23.5 Å². The zero-order valence-corrected chi connectivity index (χ0v) is 24.3. The number of alkyl halides is 3. The molecule has 0 saturated carbocycles. The van der Waals surface area contributed by atoms with E-state index in [9.17, 15) is 27.6 Å². The molecular formula is C33H33F3N2O6. The molecule has 3 aromatic rings. The fraction of sp³-hybridized carbons (Fsp3) is 0.303. The van der Waals surface area contributed by atoms with Crippen LogP contribution in [-0.2, 0) is 16.1 Å². The topological polar surface area (TPSA) is 94.2 Å². The number of halogens is 3. The lowest BCUT2D eigenvalue weighted by Crippen LogP contribution is -2.73. The SMILES string of the molecule is CCC1(CC)C(=O)N(C(=O)NCCC=Cc2ccc(OC(F)(F)F)cc2)[C@H]1Oc1ccc(C(=O)OCc2ccccc2)cc1. The predicted octanol–water partition coefficient (Wildman–Crippen LogP) is 7.11. The van der Waals surface area contributed by atoms with E-state index in [4.69, 9.17) is 9.47 Å². The van der Waals surface area contributed by atoms with Gasteiger partial charge in [0.2, 0.25) is 5.91 Å². The number of nitrogens with zero attached hydrogens (tertiary/aromatic N) is 1. The first kappa shape index (κ1) is 32.1. The number of hydrogen-bond donors (Lipinski definition) is 1. The zero-order chi connectivity index (χ0) is 31.7. The first-order valence-corrected chi connectivity index (χ1v) is 14.2. The quantitative estimate of drug-likeness (QED) is 0.134. The van der Waals surface area contributed by atoms with Crippen molar-refractivity contribution >= 4 is 24.0 Å². The van der Waals surface area contributed by atoms with Crippen molar-refractivity contribution in [3.8, 4) is 11.5 Å². The molecule has 11 heteroatoms. The van der Waals surface area contributed by atoms with E-state index >= 15 is 0 Å². The number of β-lactam (4-membered cyclic amide) rings is 1. The van der Waals surface area contributed by atoms with Gasteiger partial charge in [0.05, 0.1) is 5.56 Å². The zero-order valence-electron chi connectivity index (χ0n) is 24.3. The highest BCUT2D eigenvalue weighted by Crippen LogP contribution is 2.46. The van der Waals surface area contributed by atoms with Crippen LogP contribution in [0.3, 0.4) is 0 Å². The number of benzene rings is 3. The molecule has 3 aromatic carbocycles. The number of ether oxygens (including phenoxy) is 3. The summed E-state index contributed by atoms with van der Waals surface area (Å²) < 4.78 is 52.3. The van der Waals surface area contributed by atoms with Gasteiger partial charge in [0.25, 0.3) is 0 Å². The standard InChI is InChI=1S/C33H33F3N2O6/c1-3-32(4-2)29(40)38(31(41)37-21-9-8-10-23-13-17-27(18-14-23)44-33(34,35)36)30(32)43-26-19-15-25(16-20-26)28(39)42-22-24-11-6-5-7-12-24/h5-8,10-20,30H,3-4,9,21-22H2,1-2H3,(H,37,41)/t30-/m0/s1. The Balaban J connectivity index is 1.31. The van der Waals surface area contributed by atoms with Gasteiger partial charge in [-0.2, -0.15) is 0 Å². The van der Waals surface area contributed by atoms with Crippen molar-refractivity contribution in [3.05, 3.63) is 102 Å². The van der Waals surface area contributed by atoms with Gasteiger partial charge < -0.3 is 19.5 Å². The molecule has 1 aliphatic rings. The minimum Gasteiger partial charge on any atom is -0.469 e. The lowest BCUT2D eigenvalue weighted by molar-refractivity contribution is -0.274. The summed E-state index contributed by atoms with van der Waals surface area (Å²) in [6.45, 7) is 4.09. The van der Waals surface area contributed by atoms with Gasteiger partial charge in [-0.15, -0.1) is 13.2 Å². The lowest BCUT2D eigenvalue weighted by Gasteiger charge is -2.53. The molecule has 1 N–H and O–H groups in total. The first-order chi connectivity index (χ1) is 21.1. The smallest absolute Gasteiger partial charge is 0.469 e. The van der Waals surface area contributed by atoms with E-state index in [1.807, 2.05) is 44.2 Å². The fourth-order valence-corrected chi connectivity index (χ4v) is 4.85.